The Labute approximate surface area is 85.8 Å². The molecular formula is C10H12F3NO. The van der Waals surface area contributed by atoms with Crippen molar-refractivity contribution in [2.75, 3.05) is 7.11 Å². The van der Waals surface area contributed by atoms with Gasteiger partial charge in [0.2, 0.25) is 0 Å². The Balaban J connectivity index is 3.34. The van der Waals surface area contributed by atoms with E-state index in [0.29, 0.717) is 11.3 Å². The predicted octanol–water partition coefficient (Wildman–Crippen LogP) is 2.48. The second kappa shape index (κ2) is 4.10. The maximum atomic E-state index is 12.6. The lowest BCUT2D eigenvalue weighted by atomic mass is 10.0. The molecule has 0 aromatic heterocycles. The van der Waals surface area contributed by atoms with Gasteiger partial charge in [-0.05, 0) is 30.2 Å². The van der Waals surface area contributed by atoms with Crippen molar-refractivity contribution in [3.63, 3.8) is 0 Å². The molecule has 1 aromatic carbocycles. The highest BCUT2D eigenvalue weighted by Gasteiger charge is 2.33. The molecule has 0 heterocycles. The highest BCUT2D eigenvalue weighted by Crippen LogP contribution is 2.35. The van der Waals surface area contributed by atoms with E-state index in [1.165, 1.54) is 13.2 Å². The first kappa shape index (κ1) is 11.8. The molecule has 0 saturated heterocycles. The lowest BCUT2D eigenvalue weighted by molar-refractivity contribution is -0.138. The Bertz CT molecular complexity index is 360. The first-order chi connectivity index (χ1) is 6.90. The quantitative estimate of drug-likeness (QED) is 0.829. The van der Waals surface area contributed by atoms with Gasteiger partial charge in [0.15, 0.2) is 0 Å². The molecule has 0 bridgehead atoms. The van der Waals surface area contributed by atoms with Crippen LogP contribution in [0, 0.1) is 6.92 Å². The summed E-state index contributed by atoms with van der Waals surface area (Å²) < 4.78 is 42.6. The highest BCUT2D eigenvalue weighted by atomic mass is 19.4. The topological polar surface area (TPSA) is 35.2 Å². The van der Waals surface area contributed by atoms with Crippen LogP contribution < -0.4 is 10.5 Å². The maximum absolute atomic E-state index is 12.6. The van der Waals surface area contributed by atoms with Gasteiger partial charge in [-0.3, -0.25) is 0 Å². The van der Waals surface area contributed by atoms with E-state index < -0.39 is 11.7 Å². The Morgan fingerprint density at radius 3 is 2.33 bits per heavy atom. The molecule has 0 radical (unpaired) electrons. The van der Waals surface area contributed by atoms with Crippen LogP contribution in [0.1, 0.15) is 16.7 Å². The fourth-order valence-electron chi connectivity index (χ4n) is 1.38. The molecule has 0 aliphatic rings. The summed E-state index contributed by atoms with van der Waals surface area (Å²) in [6.07, 6.45) is -4.37. The molecule has 5 heteroatoms. The summed E-state index contributed by atoms with van der Waals surface area (Å²) in [7, 11) is 1.41. The molecule has 84 valence electrons. The molecule has 0 aliphatic carbocycles. The Morgan fingerprint density at radius 2 is 1.93 bits per heavy atom. The van der Waals surface area contributed by atoms with Gasteiger partial charge in [-0.1, -0.05) is 0 Å². The summed E-state index contributed by atoms with van der Waals surface area (Å²) >= 11 is 0. The molecule has 1 aromatic rings. The highest BCUT2D eigenvalue weighted by molar-refractivity contribution is 5.43. The number of hydrogen-bond donors (Lipinski definition) is 1. The van der Waals surface area contributed by atoms with Crippen LogP contribution in [0.2, 0.25) is 0 Å². The van der Waals surface area contributed by atoms with Crippen molar-refractivity contribution in [1.82, 2.24) is 0 Å². The predicted molar refractivity (Wildman–Crippen MR) is 50.6 cm³/mol. The SMILES string of the molecule is COc1cc(CN)c(C(F)(F)F)cc1C. The van der Waals surface area contributed by atoms with E-state index in [1.54, 1.807) is 6.92 Å². The van der Waals surface area contributed by atoms with Gasteiger partial charge in [-0.2, -0.15) is 13.2 Å². The van der Waals surface area contributed by atoms with Gasteiger partial charge in [-0.25, -0.2) is 0 Å². The van der Waals surface area contributed by atoms with Crippen molar-refractivity contribution in [3.8, 4) is 5.75 Å². The van der Waals surface area contributed by atoms with Crippen LogP contribution >= 0.6 is 0 Å². The number of rotatable bonds is 2. The van der Waals surface area contributed by atoms with Crippen LogP contribution in [0.3, 0.4) is 0 Å². The number of methoxy groups -OCH3 is 1. The zero-order chi connectivity index (χ0) is 11.6. The summed E-state index contributed by atoms with van der Waals surface area (Å²) in [5, 5.41) is 0. The monoisotopic (exact) mass is 219 g/mol. The first-order valence-corrected chi connectivity index (χ1v) is 4.35. The normalized spacial score (nSPS) is 11.6. The summed E-state index contributed by atoms with van der Waals surface area (Å²) in [6, 6.07) is 2.39. The number of benzene rings is 1. The van der Waals surface area contributed by atoms with E-state index in [0.717, 1.165) is 6.07 Å². The molecule has 0 amide bonds. The Kier molecular flexibility index (Phi) is 3.24. The van der Waals surface area contributed by atoms with E-state index in [9.17, 15) is 13.2 Å². The van der Waals surface area contributed by atoms with Gasteiger partial charge >= 0.3 is 6.18 Å². The van der Waals surface area contributed by atoms with Crippen molar-refractivity contribution in [1.29, 1.82) is 0 Å². The number of hydrogen-bond acceptors (Lipinski definition) is 2. The smallest absolute Gasteiger partial charge is 0.416 e. The molecular weight excluding hydrogens is 207 g/mol. The van der Waals surface area contributed by atoms with Gasteiger partial charge < -0.3 is 10.5 Å². The molecule has 2 nitrogen and oxygen atoms in total. The molecule has 0 fully saturated rings. The van der Waals surface area contributed by atoms with Crippen molar-refractivity contribution in [3.05, 3.63) is 28.8 Å². The van der Waals surface area contributed by atoms with Crippen molar-refractivity contribution in [2.45, 2.75) is 19.6 Å². The second-order valence-corrected chi connectivity index (χ2v) is 3.18. The number of aryl methyl sites for hydroxylation is 1. The molecule has 0 saturated carbocycles. The van der Waals surface area contributed by atoms with E-state index in [-0.39, 0.29) is 12.1 Å². The Hall–Kier alpha value is -1.23. The van der Waals surface area contributed by atoms with Crippen LogP contribution in [0.15, 0.2) is 12.1 Å². The lowest BCUT2D eigenvalue weighted by Gasteiger charge is -2.14. The van der Waals surface area contributed by atoms with Gasteiger partial charge in [0.1, 0.15) is 5.75 Å². The van der Waals surface area contributed by atoms with Crippen LogP contribution in [-0.4, -0.2) is 7.11 Å². The summed E-state index contributed by atoms with van der Waals surface area (Å²) in [6.45, 7) is 1.40. The lowest BCUT2D eigenvalue weighted by Crippen LogP contribution is -2.12. The molecule has 2 N–H and O–H groups in total. The minimum Gasteiger partial charge on any atom is -0.496 e. The van der Waals surface area contributed by atoms with Crippen molar-refractivity contribution < 1.29 is 17.9 Å². The zero-order valence-corrected chi connectivity index (χ0v) is 8.48. The van der Waals surface area contributed by atoms with Crippen LogP contribution in [-0.2, 0) is 12.7 Å². The number of alkyl halides is 3. The number of ether oxygens (including phenoxy) is 1. The average molecular weight is 219 g/mol. The molecule has 0 unspecified atom stereocenters. The number of nitrogens with two attached hydrogens (primary N) is 1. The second-order valence-electron chi connectivity index (χ2n) is 3.18. The Morgan fingerprint density at radius 1 is 1.33 bits per heavy atom. The molecule has 15 heavy (non-hydrogen) atoms. The maximum Gasteiger partial charge on any atom is 0.416 e. The fourth-order valence-corrected chi connectivity index (χ4v) is 1.38. The van der Waals surface area contributed by atoms with Gasteiger partial charge in [0, 0.05) is 6.54 Å². The molecule has 0 aliphatic heterocycles. The standard InChI is InChI=1S/C10H12F3NO/c1-6-3-8(10(11,12)13)7(5-14)4-9(6)15-2/h3-4H,5,14H2,1-2H3. The van der Waals surface area contributed by atoms with Gasteiger partial charge in [0.25, 0.3) is 0 Å². The van der Waals surface area contributed by atoms with Gasteiger partial charge in [-0.15, -0.1) is 0 Å². The summed E-state index contributed by atoms with van der Waals surface area (Å²) in [5.41, 5.74) is 5.07. The van der Waals surface area contributed by atoms with Crippen LogP contribution in [0.4, 0.5) is 13.2 Å². The summed E-state index contributed by atoms with van der Waals surface area (Å²) in [5.74, 6) is 0.420. The van der Waals surface area contributed by atoms with E-state index in [2.05, 4.69) is 0 Å². The molecule has 0 spiro atoms. The van der Waals surface area contributed by atoms with Crippen molar-refractivity contribution >= 4 is 0 Å². The first-order valence-electron chi connectivity index (χ1n) is 4.35. The third-order valence-electron chi connectivity index (χ3n) is 2.15. The minimum absolute atomic E-state index is 0.0463. The van der Waals surface area contributed by atoms with Crippen LogP contribution in [0.5, 0.6) is 5.75 Å². The summed E-state index contributed by atoms with van der Waals surface area (Å²) in [4.78, 5) is 0. The van der Waals surface area contributed by atoms with Crippen molar-refractivity contribution in [2.24, 2.45) is 5.73 Å². The van der Waals surface area contributed by atoms with Gasteiger partial charge in [0.05, 0.1) is 12.7 Å². The fraction of sp³-hybridized carbons (Fsp3) is 0.400. The van der Waals surface area contributed by atoms with E-state index in [1.807, 2.05) is 0 Å². The average Bonchev–Trinajstić information content (AvgIpc) is 2.16. The molecule has 0 atom stereocenters. The largest absolute Gasteiger partial charge is 0.496 e. The third kappa shape index (κ3) is 2.41. The zero-order valence-electron chi connectivity index (χ0n) is 8.48. The van der Waals surface area contributed by atoms with Crippen LogP contribution in [0.25, 0.3) is 0 Å². The van der Waals surface area contributed by atoms with E-state index >= 15 is 0 Å². The number of halogens is 3. The third-order valence-corrected chi connectivity index (χ3v) is 2.15. The van der Waals surface area contributed by atoms with E-state index in [4.69, 9.17) is 10.5 Å². The molecule has 1 rings (SSSR count). The minimum atomic E-state index is -4.37.